The second kappa shape index (κ2) is 4.95. The number of rotatable bonds is 2. The van der Waals surface area contributed by atoms with E-state index in [1.807, 2.05) is 5.32 Å². The first-order chi connectivity index (χ1) is 7.45. The number of methoxy groups -OCH3 is 1. The number of halogens is 2. The molecule has 1 aromatic rings. The van der Waals surface area contributed by atoms with Gasteiger partial charge in [0.25, 0.3) is 0 Å². The third kappa shape index (κ3) is 2.71. The van der Waals surface area contributed by atoms with Crippen LogP contribution in [-0.4, -0.2) is 34.2 Å². The SMILES string of the molecule is COC(=O)c1nc(Cl)c(Cl)nc1NC(=O)O. The van der Waals surface area contributed by atoms with Gasteiger partial charge >= 0.3 is 12.1 Å². The molecule has 0 aliphatic heterocycles. The fraction of sp³-hybridized carbons (Fsp3) is 0.143. The number of carboxylic acid groups (broad SMARTS) is 1. The Labute approximate surface area is 99.4 Å². The maximum Gasteiger partial charge on any atom is 0.410 e. The van der Waals surface area contributed by atoms with Crippen LogP contribution < -0.4 is 5.32 Å². The highest BCUT2D eigenvalue weighted by molar-refractivity contribution is 6.40. The maximum absolute atomic E-state index is 11.2. The number of carbonyl (C=O) groups is 2. The Morgan fingerprint density at radius 1 is 1.31 bits per heavy atom. The Morgan fingerprint density at radius 2 is 1.88 bits per heavy atom. The maximum atomic E-state index is 11.2. The number of hydrogen-bond donors (Lipinski definition) is 2. The lowest BCUT2D eigenvalue weighted by Gasteiger charge is -2.06. The molecule has 0 aliphatic carbocycles. The van der Waals surface area contributed by atoms with E-state index in [1.54, 1.807) is 0 Å². The summed E-state index contributed by atoms with van der Waals surface area (Å²) in [5.74, 6) is -1.22. The van der Waals surface area contributed by atoms with Crippen LogP contribution in [0.3, 0.4) is 0 Å². The molecule has 0 unspecified atom stereocenters. The highest BCUT2D eigenvalue weighted by atomic mass is 35.5. The number of ether oxygens (including phenoxy) is 1. The van der Waals surface area contributed by atoms with Crippen molar-refractivity contribution in [3.8, 4) is 0 Å². The van der Waals surface area contributed by atoms with Gasteiger partial charge in [0.05, 0.1) is 7.11 Å². The summed E-state index contributed by atoms with van der Waals surface area (Å²) in [4.78, 5) is 28.8. The summed E-state index contributed by atoms with van der Waals surface area (Å²) in [6.45, 7) is 0. The summed E-state index contributed by atoms with van der Waals surface area (Å²) < 4.78 is 4.38. The van der Waals surface area contributed by atoms with Crippen LogP contribution in [0.1, 0.15) is 10.5 Å². The van der Waals surface area contributed by atoms with E-state index in [0.717, 1.165) is 7.11 Å². The third-order valence-electron chi connectivity index (χ3n) is 1.42. The van der Waals surface area contributed by atoms with E-state index in [9.17, 15) is 9.59 Å². The molecule has 16 heavy (non-hydrogen) atoms. The van der Waals surface area contributed by atoms with Gasteiger partial charge in [-0.15, -0.1) is 0 Å². The highest BCUT2D eigenvalue weighted by Crippen LogP contribution is 2.22. The lowest BCUT2D eigenvalue weighted by atomic mass is 10.4. The quantitative estimate of drug-likeness (QED) is 0.789. The predicted octanol–water partition coefficient (Wildman–Crippen LogP) is 1.66. The second-order valence-electron chi connectivity index (χ2n) is 2.42. The molecular weight excluding hydrogens is 261 g/mol. The summed E-state index contributed by atoms with van der Waals surface area (Å²) in [7, 11) is 1.11. The first kappa shape index (κ1) is 12.5. The van der Waals surface area contributed by atoms with Crippen molar-refractivity contribution in [3.05, 3.63) is 16.0 Å². The van der Waals surface area contributed by atoms with Gasteiger partial charge in [-0.25, -0.2) is 19.6 Å². The third-order valence-corrected chi connectivity index (χ3v) is 2.04. The Hall–Kier alpha value is -1.60. The summed E-state index contributed by atoms with van der Waals surface area (Å²) >= 11 is 11.1. The molecule has 0 atom stereocenters. The first-order valence-corrected chi connectivity index (χ1v) is 4.52. The van der Waals surface area contributed by atoms with Gasteiger partial charge in [-0.3, -0.25) is 5.32 Å². The molecule has 86 valence electrons. The topological polar surface area (TPSA) is 101 Å². The number of aromatic nitrogens is 2. The van der Waals surface area contributed by atoms with Gasteiger partial charge in [0.15, 0.2) is 21.8 Å². The van der Waals surface area contributed by atoms with Crippen LogP contribution in [0.2, 0.25) is 10.3 Å². The minimum Gasteiger partial charge on any atom is -0.465 e. The fourth-order valence-electron chi connectivity index (χ4n) is 0.822. The Balaban J connectivity index is 3.27. The van der Waals surface area contributed by atoms with Crippen LogP contribution in [0.5, 0.6) is 0 Å². The molecule has 1 amide bonds. The molecule has 9 heteroatoms. The summed E-state index contributed by atoms with van der Waals surface area (Å²) in [6.07, 6.45) is -1.42. The van der Waals surface area contributed by atoms with E-state index in [-0.39, 0.29) is 21.8 Å². The molecule has 1 aromatic heterocycles. The van der Waals surface area contributed by atoms with Crippen molar-refractivity contribution < 1.29 is 19.4 Å². The molecular formula is C7H5Cl2N3O4. The van der Waals surface area contributed by atoms with Crippen molar-refractivity contribution in [1.29, 1.82) is 0 Å². The Bertz CT molecular complexity index is 452. The number of nitrogens with one attached hydrogen (secondary N) is 1. The van der Waals surface area contributed by atoms with Gasteiger partial charge in [-0.2, -0.15) is 0 Å². The van der Waals surface area contributed by atoms with E-state index < -0.39 is 12.1 Å². The molecule has 2 N–H and O–H groups in total. The molecule has 1 heterocycles. The number of carbonyl (C=O) groups excluding carboxylic acids is 1. The Kier molecular flexibility index (Phi) is 3.86. The zero-order valence-electron chi connectivity index (χ0n) is 7.82. The minimum absolute atomic E-state index is 0.224. The van der Waals surface area contributed by atoms with E-state index >= 15 is 0 Å². The van der Waals surface area contributed by atoms with Crippen LogP contribution in [0.15, 0.2) is 0 Å². The van der Waals surface area contributed by atoms with Crippen LogP contribution in [0, 0.1) is 0 Å². The fourth-order valence-corrected chi connectivity index (χ4v) is 1.08. The van der Waals surface area contributed by atoms with E-state index in [4.69, 9.17) is 28.3 Å². The van der Waals surface area contributed by atoms with Gasteiger partial charge < -0.3 is 9.84 Å². The minimum atomic E-state index is -1.42. The molecule has 0 bridgehead atoms. The van der Waals surface area contributed by atoms with Crippen molar-refractivity contribution in [2.24, 2.45) is 0 Å². The van der Waals surface area contributed by atoms with E-state index in [1.165, 1.54) is 0 Å². The van der Waals surface area contributed by atoms with Gasteiger partial charge in [0.1, 0.15) is 0 Å². The molecule has 0 aliphatic rings. The van der Waals surface area contributed by atoms with Crippen molar-refractivity contribution in [3.63, 3.8) is 0 Å². The molecule has 0 fully saturated rings. The van der Waals surface area contributed by atoms with Crippen molar-refractivity contribution in [1.82, 2.24) is 9.97 Å². The van der Waals surface area contributed by atoms with E-state index in [2.05, 4.69) is 14.7 Å². The average Bonchev–Trinajstić information content (AvgIpc) is 2.21. The van der Waals surface area contributed by atoms with Crippen LogP contribution >= 0.6 is 23.2 Å². The van der Waals surface area contributed by atoms with Gasteiger partial charge in [0, 0.05) is 0 Å². The zero-order chi connectivity index (χ0) is 12.3. The second-order valence-corrected chi connectivity index (χ2v) is 3.14. The summed E-state index contributed by atoms with van der Waals surface area (Å²) in [5, 5.41) is 9.91. The largest absolute Gasteiger partial charge is 0.465 e. The van der Waals surface area contributed by atoms with Gasteiger partial charge in [0.2, 0.25) is 0 Å². The van der Waals surface area contributed by atoms with Crippen LogP contribution in [-0.2, 0) is 4.74 Å². The number of amides is 1. The predicted molar refractivity (Wildman–Crippen MR) is 55.0 cm³/mol. The average molecular weight is 266 g/mol. The van der Waals surface area contributed by atoms with Crippen LogP contribution in [0.4, 0.5) is 10.6 Å². The highest BCUT2D eigenvalue weighted by Gasteiger charge is 2.19. The molecule has 0 aromatic carbocycles. The molecule has 1 rings (SSSR count). The van der Waals surface area contributed by atoms with Crippen LogP contribution in [0.25, 0.3) is 0 Å². The molecule has 0 saturated heterocycles. The first-order valence-electron chi connectivity index (χ1n) is 3.77. The van der Waals surface area contributed by atoms with Crippen molar-refractivity contribution in [2.75, 3.05) is 12.4 Å². The summed E-state index contributed by atoms with van der Waals surface area (Å²) in [6, 6.07) is 0. The molecule has 0 saturated carbocycles. The normalized spacial score (nSPS) is 9.69. The van der Waals surface area contributed by atoms with Gasteiger partial charge in [-0.1, -0.05) is 23.2 Å². The number of nitrogens with zero attached hydrogens (tertiary/aromatic N) is 2. The lowest BCUT2D eigenvalue weighted by molar-refractivity contribution is 0.0595. The lowest BCUT2D eigenvalue weighted by Crippen LogP contribution is -2.16. The smallest absolute Gasteiger partial charge is 0.410 e. The molecule has 7 nitrogen and oxygen atoms in total. The zero-order valence-corrected chi connectivity index (χ0v) is 9.33. The Morgan fingerprint density at radius 3 is 2.38 bits per heavy atom. The van der Waals surface area contributed by atoms with Gasteiger partial charge in [-0.05, 0) is 0 Å². The van der Waals surface area contributed by atoms with Crippen molar-refractivity contribution >= 4 is 41.1 Å². The monoisotopic (exact) mass is 265 g/mol. The van der Waals surface area contributed by atoms with Crippen molar-refractivity contribution in [2.45, 2.75) is 0 Å². The molecule has 0 radical (unpaired) electrons. The summed E-state index contributed by atoms with van der Waals surface area (Å²) in [5.41, 5.74) is -0.362. The standard InChI is InChI=1S/C7H5Cl2N3O4/c1-16-6(13)2-5(12-7(14)15)11-4(9)3(8)10-2/h1H3,(H,11,12)(H,14,15). The molecule has 0 spiro atoms. The van der Waals surface area contributed by atoms with E-state index in [0.29, 0.717) is 0 Å². The number of hydrogen-bond acceptors (Lipinski definition) is 5. The number of esters is 1. The number of anilines is 1.